The summed E-state index contributed by atoms with van der Waals surface area (Å²) in [6, 6.07) is 3.32. The second-order valence-electron chi connectivity index (χ2n) is 8.69. The summed E-state index contributed by atoms with van der Waals surface area (Å²) < 4.78 is 20.6. The summed E-state index contributed by atoms with van der Waals surface area (Å²) in [5, 5.41) is 11.8. The first-order valence-electron chi connectivity index (χ1n) is 10.7. The van der Waals surface area contributed by atoms with Gasteiger partial charge in [-0.1, -0.05) is 37.5 Å². The van der Waals surface area contributed by atoms with E-state index in [2.05, 4.69) is 21.7 Å². The summed E-state index contributed by atoms with van der Waals surface area (Å²) in [7, 11) is 1.71. The molecule has 0 radical (unpaired) electrons. The fourth-order valence-electron chi connectivity index (χ4n) is 5.40. The highest BCUT2D eigenvalue weighted by Gasteiger charge is 2.47. The first kappa shape index (κ1) is 19.8. The van der Waals surface area contributed by atoms with Crippen molar-refractivity contribution >= 4 is 0 Å². The monoisotopic (exact) mass is 386 g/mol. The van der Waals surface area contributed by atoms with Crippen molar-refractivity contribution in [3.8, 4) is 11.8 Å². The molecule has 0 amide bonds. The summed E-state index contributed by atoms with van der Waals surface area (Å²) in [4.78, 5) is 6.18. The van der Waals surface area contributed by atoms with E-state index >= 15 is 0 Å². The lowest BCUT2D eigenvalue weighted by Crippen LogP contribution is -2.59. The Morgan fingerprint density at radius 1 is 1.21 bits per heavy atom. The van der Waals surface area contributed by atoms with Gasteiger partial charge in [-0.05, 0) is 50.9 Å². The van der Waals surface area contributed by atoms with E-state index in [-0.39, 0.29) is 11.5 Å². The maximum atomic E-state index is 14.7. The van der Waals surface area contributed by atoms with Crippen LogP contribution in [-0.2, 0) is 10.3 Å². The van der Waals surface area contributed by atoms with E-state index in [1.54, 1.807) is 19.2 Å². The average Bonchev–Trinajstić information content (AvgIpc) is 3.03. The van der Waals surface area contributed by atoms with Crippen LogP contribution in [0, 0.1) is 29.6 Å². The lowest BCUT2D eigenvalue weighted by molar-refractivity contribution is -0.0968. The molecule has 1 N–H and O–H groups in total. The van der Waals surface area contributed by atoms with Crippen LogP contribution < -0.4 is 0 Å². The molecular formula is C23H31FN2O2. The molecule has 1 saturated carbocycles. The third-order valence-corrected chi connectivity index (χ3v) is 7.15. The first-order chi connectivity index (χ1) is 13.6. The van der Waals surface area contributed by atoms with Crippen LogP contribution in [0.25, 0.3) is 0 Å². The molecule has 0 aromatic carbocycles. The van der Waals surface area contributed by atoms with E-state index in [0.29, 0.717) is 5.92 Å². The Bertz CT molecular complexity index is 744. The number of halogens is 1. The number of methoxy groups -OCH3 is 1. The molecule has 3 saturated heterocycles. The highest BCUT2D eigenvalue weighted by molar-refractivity contribution is 5.35. The topological polar surface area (TPSA) is 45.6 Å². The van der Waals surface area contributed by atoms with E-state index < -0.39 is 17.1 Å². The number of aromatic nitrogens is 1. The van der Waals surface area contributed by atoms with Crippen molar-refractivity contribution in [3.05, 3.63) is 29.8 Å². The fourth-order valence-corrected chi connectivity index (χ4v) is 5.40. The number of ether oxygens (including phenoxy) is 1. The molecule has 1 aliphatic carbocycles. The zero-order chi connectivity index (χ0) is 19.6. The minimum Gasteiger partial charge on any atom is -0.373 e. The maximum absolute atomic E-state index is 14.7. The number of hydrogen-bond acceptors (Lipinski definition) is 4. The largest absolute Gasteiger partial charge is 0.373 e. The van der Waals surface area contributed by atoms with E-state index in [1.165, 1.54) is 6.20 Å². The first-order valence-corrected chi connectivity index (χ1v) is 10.7. The molecule has 1 aromatic rings. The Labute approximate surface area is 167 Å². The molecule has 152 valence electrons. The molecule has 5 rings (SSSR count). The second-order valence-corrected chi connectivity index (χ2v) is 8.69. The Hall–Kier alpha value is -1.48. The van der Waals surface area contributed by atoms with Crippen LogP contribution in [0.4, 0.5) is 4.39 Å². The molecule has 2 atom stereocenters. The van der Waals surface area contributed by atoms with Crippen LogP contribution in [0.15, 0.2) is 18.3 Å². The number of rotatable bonds is 3. The number of fused-ring (bicyclic) bond motifs is 3. The van der Waals surface area contributed by atoms with Gasteiger partial charge in [0.15, 0.2) is 5.60 Å². The van der Waals surface area contributed by atoms with Crippen molar-refractivity contribution in [2.45, 2.75) is 62.6 Å². The van der Waals surface area contributed by atoms with Crippen molar-refractivity contribution < 1.29 is 14.2 Å². The molecule has 28 heavy (non-hydrogen) atoms. The van der Waals surface area contributed by atoms with Crippen LogP contribution in [0.1, 0.15) is 56.9 Å². The summed E-state index contributed by atoms with van der Waals surface area (Å²) in [6.07, 6.45) is 9.67. The van der Waals surface area contributed by atoms with Gasteiger partial charge in [0.1, 0.15) is 5.60 Å². The Kier molecular flexibility index (Phi) is 5.73. The van der Waals surface area contributed by atoms with Crippen molar-refractivity contribution in [1.29, 1.82) is 0 Å². The van der Waals surface area contributed by atoms with Gasteiger partial charge in [0.25, 0.3) is 0 Å². The maximum Gasteiger partial charge on any atom is 0.219 e. The zero-order valence-corrected chi connectivity index (χ0v) is 16.8. The summed E-state index contributed by atoms with van der Waals surface area (Å²) >= 11 is 0. The molecule has 5 heteroatoms. The quantitative estimate of drug-likeness (QED) is 0.491. The molecule has 1 unspecified atom stereocenters. The standard InChI is InChI=1S/C23H31FN2O2/c1-28-22(17-26-15-10-18(22)11-16-26)12-13-23(27,19-7-4-2-3-5-8-19)20-9-6-14-25-21(20)24/h6,9,14,18-19,27H,2-5,7-8,10-11,15-17H2,1H3/t22-,23?/m1/s1. The molecule has 4 aliphatic rings. The predicted molar refractivity (Wildman–Crippen MR) is 106 cm³/mol. The van der Waals surface area contributed by atoms with Crippen molar-refractivity contribution in [1.82, 2.24) is 9.88 Å². The number of aliphatic hydroxyl groups is 1. The van der Waals surface area contributed by atoms with Gasteiger partial charge >= 0.3 is 0 Å². The summed E-state index contributed by atoms with van der Waals surface area (Å²) in [5.74, 6) is 6.17. The lowest BCUT2D eigenvalue weighted by atomic mass is 9.73. The molecule has 3 aliphatic heterocycles. The minimum absolute atomic E-state index is 0.0869. The second kappa shape index (κ2) is 8.10. The van der Waals surface area contributed by atoms with E-state index in [1.807, 2.05) is 0 Å². The third kappa shape index (κ3) is 3.58. The molecule has 1 aromatic heterocycles. The summed E-state index contributed by atoms with van der Waals surface area (Å²) in [6.45, 7) is 2.93. The van der Waals surface area contributed by atoms with Gasteiger partial charge in [-0.15, -0.1) is 0 Å². The van der Waals surface area contributed by atoms with Gasteiger partial charge in [0.05, 0.1) is 5.56 Å². The number of pyridine rings is 1. The predicted octanol–water partition coefficient (Wildman–Crippen LogP) is 3.49. The van der Waals surface area contributed by atoms with Crippen molar-refractivity contribution in [2.24, 2.45) is 11.8 Å². The van der Waals surface area contributed by atoms with Gasteiger partial charge < -0.3 is 9.84 Å². The number of nitrogens with zero attached hydrogens (tertiary/aromatic N) is 2. The van der Waals surface area contributed by atoms with E-state index in [9.17, 15) is 9.50 Å². The minimum atomic E-state index is -1.53. The van der Waals surface area contributed by atoms with Crippen LogP contribution in [0.2, 0.25) is 0 Å². The normalized spacial score (nSPS) is 32.8. The molecular weight excluding hydrogens is 355 g/mol. The SMILES string of the molecule is CO[C@]1(C#CC(O)(c2cccnc2F)C2CCCCCC2)CN2CCC1CC2. The van der Waals surface area contributed by atoms with Gasteiger partial charge in [-0.25, -0.2) is 4.98 Å². The van der Waals surface area contributed by atoms with Crippen LogP contribution in [0.3, 0.4) is 0 Å². The zero-order valence-electron chi connectivity index (χ0n) is 16.8. The van der Waals surface area contributed by atoms with Gasteiger partial charge in [-0.3, -0.25) is 4.90 Å². The third-order valence-electron chi connectivity index (χ3n) is 7.15. The van der Waals surface area contributed by atoms with Gasteiger partial charge in [-0.2, -0.15) is 4.39 Å². The Morgan fingerprint density at radius 3 is 2.50 bits per heavy atom. The van der Waals surface area contributed by atoms with Gasteiger partial charge in [0.2, 0.25) is 5.95 Å². The lowest BCUT2D eigenvalue weighted by Gasteiger charge is -2.50. The molecule has 4 fully saturated rings. The Morgan fingerprint density at radius 2 is 1.93 bits per heavy atom. The van der Waals surface area contributed by atoms with Crippen LogP contribution in [-0.4, -0.2) is 47.3 Å². The highest BCUT2D eigenvalue weighted by Crippen LogP contribution is 2.41. The highest BCUT2D eigenvalue weighted by atomic mass is 19.1. The van der Waals surface area contributed by atoms with E-state index in [0.717, 1.165) is 71.0 Å². The molecule has 0 spiro atoms. The van der Waals surface area contributed by atoms with Crippen LogP contribution in [0.5, 0.6) is 0 Å². The molecule has 4 nitrogen and oxygen atoms in total. The smallest absolute Gasteiger partial charge is 0.219 e. The Balaban J connectivity index is 1.74. The molecule has 4 heterocycles. The number of piperidine rings is 3. The van der Waals surface area contributed by atoms with Crippen LogP contribution >= 0.6 is 0 Å². The fraction of sp³-hybridized carbons (Fsp3) is 0.696. The average molecular weight is 387 g/mol. The van der Waals surface area contributed by atoms with E-state index in [4.69, 9.17) is 4.74 Å². The van der Waals surface area contributed by atoms with Crippen molar-refractivity contribution in [3.63, 3.8) is 0 Å². The molecule has 2 bridgehead atoms. The van der Waals surface area contributed by atoms with Crippen molar-refractivity contribution in [2.75, 3.05) is 26.7 Å². The van der Waals surface area contributed by atoms with Gasteiger partial charge in [0, 0.05) is 31.7 Å². The number of hydrogen-bond donors (Lipinski definition) is 1. The summed E-state index contributed by atoms with van der Waals surface area (Å²) in [5.41, 5.74) is -1.89.